The summed E-state index contributed by atoms with van der Waals surface area (Å²) in [5, 5.41) is 7.04. The van der Waals surface area contributed by atoms with Crippen LogP contribution in [0.15, 0.2) is 18.2 Å². The SMILES string of the molecule is O=C(CCC1CCNC1)NC1COc2ccc(Cl)cc21. The van der Waals surface area contributed by atoms with Crippen LogP contribution in [0.2, 0.25) is 5.02 Å². The predicted octanol–water partition coefficient (Wildman–Crippen LogP) is 2.28. The number of hydrogen-bond donors (Lipinski definition) is 2. The second-order valence-electron chi connectivity index (χ2n) is 5.51. The number of amides is 1. The zero-order valence-corrected chi connectivity index (χ0v) is 12.1. The van der Waals surface area contributed by atoms with Crippen molar-refractivity contribution >= 4 is 17.5 Å². The van der Waals surface area contributed by atoms with Crippen LogP contribution >= 0.6 is 11.6 Å². The van der Waals surface area contributed by atoms with Crippen LogP contribution in [0.3, 0.4) is 0 Å². The van der Waals surface area contributed by atoms with E-state index in [9.17, 15) is 4.79 Å². The Morgan fingerprint density at radius 3 is 3.20 bits per heavy atom. The van der Waals surface area contributed by atoms with Crippen LogP contribution in [0.5, 0.6) is 5.75 Å². The highest BCUT2D eigenvalue weighted by Crippen LogP contribution is 2.34. The topological polar surface area (TPSA) is 50.4 Å². The van der Waals surface area contributed by atoms with Gasteiger partial charge in [0.05, 0.1) is 6.04 Å². The maximum Gasteiger partial charge on any atom is 0.220 e. The summed E-state index contributed by atoms with van der Waals surface area (Å²) in [4.78, 5) is 12.0. The number of ether oxygens (including phenoxy) is 1. The smallest absolute Gasteiger partial charge is 0.220 e. The molecule has 2 heterocycles. The minimum absolute atomic E-state index is 0.0714. The number of halogens is 1. The zero-order valence-electron chi connectivity index (χ0n) is 11.3. The number of nitrogens with one attached hydrogen (secondary N) is 2. The lowest BCUT2D eigenvalue weighted by atomic mass is 10.0. The minimum atomic E-state index is -0.0714. The van der Waals surface area contributed by atoms with E-state index in [4.69, 9.17) is 16.3 Å². The van der Waals surface area contributed by atoms with Gasteiger partial charge >= 0.3 is 0 Å². The van der Waals surface area contributed by atoms with Crippen molar-refractivity contribution in [1.29, 1.82) is 0 Å². The number of benzene rings is 1. The van der Waals surface area contributed by atoms with E-state index in [0.29, 0.717) is 24.0 Å². The molecule has 1 aromatic carbocycles. The molecular weight excluding hydrogens is 276 g/mol. The van der Waals surface area contributed by atoms with Crippen molar-refractivity contribution in [3.05, 3.63) is 28.8 Å². The Bertz CT molecular complexity index is 501. The number of rotatable bonds is 4. The lowest BCUT2D eigenvalue weighted by Gasteiger charge is -2.13. The van der Waals surface area contributed by atoms with Gasteiger partial charge in [0.15, 0.2) is 0 Å². The van der Waals surface area contributed by atoms with Crippen LogP contribution in [-0.2, 0) is 4.79 Å². The molecule has 4 nitrogen and oxygen atoms in total. The molecule has 108 valence electrons. The molecule has 20 heavy (non-hydrogen) atoms. The van der Waals surface area contributed by atoms with Gasteiger partial charge in [0, 0.05) is 17.0 Å². The first kappa shape index (κ1) is 13.7. The van der Waals surface area contributed by atoms with Crippen molar-refractivity contribution < 1.29 is 9.53 Å². The molecule has 2 unspecified atom stereocenters. The Kier molecular flexibility index (Phi) is 4.13. The van der Waals surface area contributed by atoms with Crippen LogP contribution in [0.25, 0.3) is 0 Å². The van der Waals surface area contributed by atoms with Crippen molar-refractivity contribution in [3.63, 3.8) is 0 Å². The highest BCUT2D eigenvalue weighted by Gasteiger charge is 2.26. The Morgan fingerprint density at radius 2 is 2.40 bits per heavy atom. The van der Waals surface area contributed by atoms with Gasteiger partial charge in [-0.1, -0.05) is 11.6 Å². The summed E-state index contributed by atoms with van der Waals surface area (Å²) in [6.07, 6.45) is 2.71. The van der Waals surface area contributed by atoms with E-state index in [-0.39, 0.29) is 11.9 Å². The normalized spacial score (nSPS) is 24.2. The molecule has 0 aromatic heterocycles. The maximum absolute atomic E-state index is 12.0. The highest BCUT2D eigenvalue weighted by atomic mass is 35.5. The molecule has 0 spiro atoms. The molecule has 0 saturated carbocycles. The second kappa shape index (κ2) is 6.02. The number of carbonyl (C=O) groups is 1. The van der Waals surface area contributed by atoms with Gasteiger partial charge in [-0.2, -0.15) is 0 Å². The Labute approximate surface area is 123 Å². The molecule has 1 saturated heterocycles. The van der Waals surface area contributed by atoms with Crippen molar-refractivity contribution in [2.75, 3.05) is 19.7 Å². The maximum atomic E-state index is 12.0. The van der Waals surface area contributed by atoms with Gasteiger partial charge in [-0.3, -0.25) is 4.79 Å². The minimum Gasteiger partial charge on any atom is -0.491 e. The summed E-state index contributed by atoms with van der Waals surface area (Å²) in [5.74, 6) is 1.56. The zero-order chi connectivity index (χ0) is 13.9. The van der Waals surface area contributed by atoms with E-state index in [2.05, 4.69) is 10.6 Å². The average Bonchev–Trinajstić information content (AvgIpc) is 3.07. The highest BCUT2D eigenvalue weighted by molar-refractivity contribution is 6.30. The third-order valence-corrected chi connectivity index (χ3v) is 4.27. The van der Waals surface area contributed by atoms with Crippen molar-refractivity contribution in [2.45, 2.75) is 25.3 Å². The summed E-state index contributed by atoms with van der Waals surface area (Å²) in [6.45, 7) is 2.61. The molecule has 3 rings (SSSR count). The summed E-state index contributed by atoms with van der Waals surface area (Å²) < 4.78 is 5.56. The summed E-state index contributed by atoms with van der Waals surface area (Å²) in [5.41, 5.74) is 0.980. The van der Waals surface area contributed by atoms with E-state index in [1.54, 1.807) is 6.07 Å². The molecule has 1 fully saturated rings. The molecule has 1 amide bonds. The largest absolute Gasteiger partial charge is 0.491 e. The van der Waals surface area contributed by atoms with Crippen molar-refractivity contribution in [1.82, 2.24) is 10.6 Å². The Morgan fingerprint density at radius 1 is 1.50 bits per heavy atom. The van der Waals surface area contributed by atoms with E-state index in [0.717, 1.165) is 30.8 Å². The van der Waals surface area contributed by atoms with Gasteiger partial charge in [-0.05, 0) is 50.0 Å². The van der Waals surface area contributed by atoms with Gasteiger partial charge in [-0.25, -0.2) is 0 Å². The van der Waals surface area contributed by atoms with Gasteiger partial charge in [0.2, 0.25) is 5.91 Å². The molecular formula is C15H19ClN2O2. The number of fused-ring (bicyclic) bond motifs is 1. The van der Waals surface area contributed by atoms with Gasteiger partial charge in [0.1, 0.15) is 12.4 Å². The molecule has 1 aromatic rings. The molecule has 0 aliphatic carbocycles. The lowest BCUT2D eigenvalue weighted by molar-refractivity contribution is -0.122. The average molecular weight is 295 g/mol. The number of hydrogen-bond acceptors (Lipinski definition) is 3. The molecule has 0 radical (unpaired) electrons. The molecule has 2 aliphatic heterocycles. The molecule has 0 bridgehead atoms. The summed E-state index contributed by atoms with van der Waals surface area (Å²) in [6, 6.07) is 5.46. The Balaban J connectivity index is 1.54. The van der Waals surface area contributed by atoms with Gasteiger partial charge in [0.25, 0.3) is 0 Å². The quantitative estimate of drug-likeness (QED) is 0.896. The van der Waals surface area contributed by atoms with Crippen molar-refractivity contribution in [2.24, 2.45) is 5.92 Å². The monoisotopic (exact) mass is 294 g/mol. The van der Waals surface area contributed by atoms with E-state index >= 15 is 0 Å². The lowest BCUT2D eigenvalue weighted by Crippen LogP contribution is -2.29. The molecule has 2 N–H and O–H groups in total. The predicted molar refractivity (Wildman–Crippen MR) is 78.0 cm³/mol. The van der Waals surface area contributed by atoms with Crippen LogP contribution in [0.4, 0.5) is 0 Å². The molecule has 2 atom stereocenters. The first-order valence-electron chi connectivity index (χ1n) is 7.14. The first-order valence-corrected chi connectivity index (χ1v) is 7.52. The van der Waals surface area contributed by atoms with E-state index < -0.39 is 0 Å². The summed E-state index contributed by atoms with van der Waals surface area (Å²) in [7, 11) is 0. The van der Waals surface area contributed by atoms with Crippen LogP contribution < -0.4 is 15.4 Å². The van der Waals surface area contributed by atoms with Crippen LogP contribution in [0, 0.1) is 5.92 Å². The third-order valence-electron chi connectivity index (χ3n) is 4.03. The molecule has 2 aliphatic rings. The standard InChI is InChI=1S/C15H19ClN2O2/c16-11-2-3-14-12(7-11)13(9-20-14)18-15(19)4-1-10-5-6-17-8-10/h2-3,7,10,13,17H,1,4-6,8-9H2,(H,18,19). The van der Waals surface area contributed by atoms with Gasteiger partial charge < -0.3 is 15.4 Å². The van der Waals surface area contributed by atoms with Crippen LogP contribution in [0.1, 0.15) is 30.9 Å². The van der Waals surface area contributed by atoms with Crippen molar-refractivity contribution in [3.8, 4) is 5.75 Å². The number of carbonyl (C=O) groups excluding carboxylic acids is 1. The fourth-order valence-electron chi connectivity index (χ4n) is 2.87. The van der Waals surface area contributed by atoms with E-state index in [1.807, 2.05) is 12.1 Å². The second-order valence-corrected chi connectivity index (χ2v) is 5.95. The summed E-state index contributed by atoms with van der Waals surface area (Å²) >= 11 is 6.00. The fraction of sp³-hybridized carbons (Fsp3) is 0.533. The van der Waals surface area contributed by atoms with E-state index in [1.165, 1.54) is 6.42 Å². The Hall–Kier alpha value is -1.26. The van der Waals surface area contributed by atoms with Gasteiger partial charge in [-0.15, -0.1) is 0 Å². The first-order chi connectivity index (χ1) is 9.72. The fourth-order valence-corrected chi connectivity index (χ4v) is 3.05. The van der Waals surface area contributed by atoms with Crippen LogP contribution in [-0.4, -0.2) is 25.6 Å². The molecule has 5 heteroatoms. The third kappa shape index (κ3) is 3.07.